The molecule has 4 rings (SSSR count). The second-order valence-corrected chi connectivity index (χ2v) is 6.58. The first-order chi connectivity index (χ1) is 12.8. The normalized spacial score (nSPS) is 18.5. The number of nitrogens with two attached hydrogens (primary N) is 1. The van der Waals surface area contributed by atoms with Gasteiger partial charge < -0.3 is 15.8 Å². The molecule has 1 heterocycles. The Kier molecular flexibility index (Phi) is 4.80. The molecule has 1 aliphatic carbocycles. The fourth-order valence-electron chi connectivity index (χ4n) is 3.09. The lowest BCUT2D eigenvalue weighted by molar-refractivity contribution is 0.306. The van der Waals surface area contributed by atoms with E-state index in [9.17, 15) is 0 Å². The Bertz CT molecular complexity index is 851. The molecule has 26 heavy (non-hydrogen) atoms. The van der Waals surface area contributed by atoms with Crippen molar-refractivity contribution < 1.29 is 4.74 Å². The second-order valence-electron chi connectivity index (χ2n) is 6.58. The van der Waals surface area contributed by atoms with Crippen molar-refractivity contribution in [2.45, 2.75) is 31.5 Å². The van der Waals surface area contributed by atoms with E-state index in [1.807, 2.05) is 24.3 Å². The molecule has 0 radical (unpaired) electrons. The zero-order valence-corrected chi connectivity index (χ0v) is 14.5. The molecule has 3 N–H and O–H groups in total. The minimum absolute atomic E-state index is 0.322. The Morgan fingerprint density at radius 3 is 2.62 bits per heavy atom. The number of rotatable bonds is 7. The van der Waals surface area contributed by atoms with Crippen molar-refractivity contribution in [3.63, 3.8) is 0 Å². The Labute approximate surface area is 153 Å². The molecule has 0 amide bonds. The molecular weight excluding hydrogens is 324 g/mol. The van der Waals surface area contributed by atoms with Crippen LogP contribution in [0.5, 0.6) is 5.75 Å². The van der Waals surface area contributed by atoms with Crippen molar-refractivity contribution in [1.82, 2.24) is 15.3 Å². The molecule has 0 saturated heterocycles. The molecule has 1 saturated carbocycles. The van der Waals surface area contributed by atoms with E-state index < -0.39 is 0 Å². The molecule has 3 aromatic rings. The van der Waals surface area contributed by atoms with E-state index in [0.717, 1.165) is 17.9 Å². The monoisotopic (exact) mass is 346 g/mol. The predicted molar refractivity (Wildman–Crippen MR) is 102 cm³/mol. The highest BCUT2D eigenvalue weighted by Gasteiger charge is 2.37. The molecule has 2 aromatic carbocycles. The smallest absolute Gasteiger partial charge is 0.220 e. The Hall–Kier alpha value is -2.92. The number of anilines is 1. The van der Waals surface area contributed by atoms with Crippen LogP contribution in [0, 0.1) is 0 Å². The van der Waals surface area contributed by atoms with Gasteiger partial charge in [0.25, 0.3) is 0 Å². The number of aromatic nitrogens is 2. The van der Waals surface area contributed by atoms with Crippen LogP contribution < -0.4 is 15.8 Å². The van der Waals surface area contributed by atoms with E-state index in [1.54, 1.807) is 6.20 Å². The lowest BCUT2D eigenvalue weighted by atomic mass is 10.1. The molecular formula is C21H22N4O. The van der Waals surface area contributed by atoms with Gasteiger partial charge in [0.05, 0.1) is 5.69 Å². The molecule has 132 valence electrons. The summed E-state index contributed by atoms with van der Waals surface area (Å²) in [7, 11) is 0. The maximum absolute atomic E-state index is 5.85. The van der Waals surface area contributed by atoms with Crippen LogP contribution in [0.25, 0.3) is 0 Å². The molecule has 0 aliphatic heterocycles. The highest BCUT2D eigenvalue weighted by Crippen LogP contribution is 2.41. The maximum atomic E-state index is 5.85. The molecule has 5 nitrogen and oxygen atoms in total. The van der Waals surface area contributed by atoms with Crippen molar-refractivity contribution in [1.29, 1.82) is 0 Å². The minimum Gasteiger partial charge on any atom is -0.489 e. The molecule has 1 fully saturated rings. The van der Waals surface area contributed by atoms with E-state index in [4.69, 9.17) is 10.5 Å². The van der Waals surface area contributed by atoms with Gasteiger partial charge in [-0.25, -0.2) is 9.97 Å². The van der Waals surface area contributed by atoms with Crippen LogP contribution in [-0.4, -0.2) is 16.0 Å². The van der Waals surface area contributed by atoms with Gasteiger partial charge in [0.2, 0.25) is 5.95 Å². The first-order valence-corrected chi connectivity index (χ1v) is 8.85. The zero-order valence-electron chi connectivity index (χ0n) is 14.5. The van der Waals surface area contributed by atoms with Crippen LogP contribution in [0.1, 0.15) is 29.2 Å². The number of benzene rings is 2. The van der Waals surface area contributed by atoms with Gasteiger partial charge >= 0.3 is 0 Å². The Morgan fingerprint density at radius 2 is 1.85 bits per heavy atom. The molecule has 2 atom stereocenters. The van der Waals surface area contributed by atoms with Gasteiger partial charge in [-0.1, -0.05) is 42.5 Å². The molecule has 1 aromatic heterocycles. The highest BCUT2D eigenvalue weighted by atomic mass is 16.5. The van der Waals surface area contributed by atoms with E-state index in [-0.39, 0.29) is 0 Å². The number of ether oxygens (including phenoxy) is 1. The van der Waals surface area contributed by atoms with Gasteiger partial charge in [0.1, 0.15) is 12.4 Å². The molecule has 0 unspecified atom stereocenters. The van der Waals surface area contributed by atoms with Crippen molar-refractivity contribution in [3.8, 4) is 5.75 Å². The second kappa shape index (κ2) is 7.54. The van der Waals surface area contributed by atoms with Gasteiger partial charge in [-0.3, -0.25) is 0 Å². The SMILES string of the molecule is Nc1nccc(CN[C@@H]2C[C@H]2c2ccc(OCc3ccccc3)cc2)n1. The summed E-state index contributed by atoms with van der Waals surface area (Å²) in [5, 5.41) is 3.53. The van der Waals surface area contributed by atoms with Crippen molar-refractivity contribution in [3.05, 3.63) is 83.7 Å². The molecule has 0 bridgehead atoms. The van der Waals surface area contributed by atoms with Crippen LogP contribution >= 0.6 is 0 Å². The van der Waals surface area contributed by atoms with Crippen LogP contribution in [0.2, 0.25) is 0 Å². The summed E-state index contributed by atoms with van der Waals surface area (Å²) in [6, 6.07) is 21.0. The summed E-state index contributed by atoms with van der Waals surface area (Å²) in [5.41, 5.74) is 9.06. The zero-order chi connectivity index (χ0) is 17.8. The third kappa shape index (κ3) is 4.18. The highest BCUT2D eigenvalue weighted by molar-refractivity contribution is 5.34. The van der Waals surface area contributed by atoms with E-state index in [0.29, 0.717) is 31.1 Å². The summed E-state index contributed by atoms with van der Waals surface area (Å²) in [4.78, 5) is 8.13. The number of hydrogen-bond acceptors (Lipinski definition) is 5. The molecule has 1 aliphatic rings. The van der Waals surface area contributed by atoms with Gasteiger partial charge in [0.15, 0.2) is 0 Å². The first kappa shape index (κ1) is 16.5. The average molecular weight is 346 g/mol. The fraction of sp³-hybridized carbons (Fsp3) is 0.238. The largest absolute Gasteiger partial charge is 0.489 e. The lowest BCUT2D eigenvalue weighted by Crippen LogP contribution is -2.18. The quantitative estimate of drug-likeness (QED) is 0.687. The van der Waals surface area contributed by atoms with Crippen LogP contribution in [0.3, 0.4) is 0 Å². The Morgan fingerprint density at radius 1 is 1.04 bits per heavy atom. The fourth-order valence-corrected chi connectivity index (χ4v) is 3.09. The third-order valence-corrected chi connectivity index (χ3v) is 4.62. The van der Waals surface area contributed by atoms with Crippen LogP contribution in [0.15, 0.2) is 66.9 Å². The number of nitrogens with zero attached hydrogens (tertiary/aromatic N) is 2. The number of hydrogen-bond donors (Lipinski definition) is 2. The Balaban J connectivity index is 1.27. The summed E-state index contributed by atoms with van der Waals surface area (Å²) in [6.07, 6.45) is 2.84. The van der Waals surface area contributed by atoms with Gasteiger partial charge in [0, 0.05) is 24.7 Å². The third-order valence-electron chi connectivity index (χ3n) is 4.62. The maximum Gasteiger partial charge on any atom is 0.220 e. The van der Waals surface area contributed by atoms with Crippen molar-refractivity contribution >= 4 is 5.95 Å². The van der Waals surface area contributed by atoms with Gasteiger partial charge in [-0.05, 0) is 35.7 Å². The van der Waals surface area contributed by atoms with E-state index >= 15 is 0 Å². The minimum atomic E-state index is 0.322. The first-order valence-electron chi connectivity index (χ1n) is 8.85. The standard InChI is InChI=1S/C21H22N4O/c22-21-23-11-10-17(25-21)13-24-20-12-19(20)16-6-8-18(9-7-16)26-14-15-4-2-1-3-5-15/h1-11,19-20,24H,12-14H2,(H2,22,23,25)/t19-,20+/m0/s1. The van der Waals surface area contributed by atoms with Crippen molar-refractivity contribution in [2.75, 3.05) is 5.73 Å². The van der Waals surface area contributed by atoms with Crippen molar-refractivity contribution in [2.24, 2.45) is 0 Å². The molecule has 0 spiro atoms. The summed E-state index contributed by atoms with van der Waals surface area (Å²) < 4.78 is 5.85. The topological polar surface area (TPSA) is 73.1 Å². The predicted octanol–water partition coefficient (Wildman–Crippen LogP) is 3.28. The number of nitrogens with one attached hydrogen (secondary N) is 1. The average Bonchev–Trinajstić information content (AvgIpc) is 3.46. The van der Waals surface area contributed by atoms with E-state index in [2.05, 4.69) is 51.7 Å². The summed E-state index contributed by atoms with van der Waals surface area (Å²) >= 11 is 0. The van der Waals surface area contributed by atoms with Gasteiger partial charge in [-0.15, -0.1) is 0 Å². The summed E-state index contributed by atoms with van der Waals surface area (Å²) in [5.74, 6) is 1.78. The molecule has 5 heteroatoms. The number of nitrogen functional groups attached to an aromatic ring is 1. The van der Waals surface area contributed by atoms with E-state index in [1.165, 1.54) is 11.1 Å². The lowest BCUT2D eigenvalue weighted by Gasteiger charge is -2.08. The van der Waals surface area contributed by atoms with Crippen LogP contribution in [-0.2, 0) is 13.2 Å². The summed E-state index contributed by atoms with van der Waals surface area (Å²) in [6.45, 7) is 1.31. The van der Waals surface area contributed by atoms with Crippen LogP contribution in [0.4, 0.5) is 5.95 Å². The van der Waals surface area contributed by atoms with Gasteiger partial charge in [-0.2, -0.15) is 0 Å².